The predicted octanol–water partition coefficient (Wildman–Crippen LogP) is 3.87. The molecule has 0 unspecified atom stereocenters. The van der Waals surface area contributed by atoms with E-state index >= 15 is 0 Å². The summed E-state index contributed by atoms with van der Waals surface area (Å²) in [6.07, 6.45) is 0. The molecular formula is C17H18BrN3O2. The van der Waals surface area contributed by atoms with Gasteiger partial charge < -0.3 is 14.9 Å². The summed E-state index contributed by atoms with van der Waals surface area (Å²) in [4.78, 5) is 0. The molecule has 6 heteroatoms. The molecule has 0 spiro atoms. The van der Waals surface area contributed by atoms with Crippen molar-refractivity contribution in [3.05, 3.63) is 52.5 Å². The maximum atomic E-state index is 8.67. The molecule has 0 radical (unpaired) electrons. The highest BCUT2D eigenvalue weighted by molar-refractivity contribution is 9.10. The average Bonchev–Trinajstić information content (AvgIpc) is 2.55. The van der Waals surface area contributed by atoms with Gasteiger partial charge in [-0.15, -0.1) is 0 Å². The SMILES string of the molecule is CCOc1cc(CNNc2ccccc2)cc(Br)c1OCC#N. The molecule has 0 saturated heterocycles. The quantitative estimate of drug-likeness (QED) is 0.685. The summed E-state index contributed by atoms with van der Waals surface area (Å²) in [7, 11) is 0. The van der Waals surface area contributed by atoms with Crippen LogP contribution in [0.5, 0.6) is 11.5 Å². The van der Waals surface area contributed by atoms with Crippen molar-refractivity contribution < 1.29 is 9.47 Å². The number of hydrogen-bond donors (Lipinski definition) is 2. The van der Waals surface area contributed by atoms with Gasteiger partial charge in [-0.1, -0.05) is 18.2 Å². The summed E-state index contributed by atoms with van der Waals surface area (Å²) in [6, 6.07) is 15.7. The van der Waals surface area contributed by atoms with Gasteiger partial charge in [0.05, 0.1) is 11.1 Å². The zero-order chi connectivity index (χ0) is 16.5. The van der Waals surface area contributed by atoms with E-state index in [1.54, 1.807) is 0 Å². The third-order valence-electron chi connectivity index (χ3n) is 2.95. The number of hydrogen-bond acceptors (Lipinski definition) is 5. The number of rotatable bonds is 8. The van der Waals surface area contributed by atoms with Crippen LogP contribution in [-0.4, -0.2) is 13.2 Å². The number of anilines is 1. The maximum absolute atomic E-state index is 8.67. The number of halogens is 1. The predicted molar refractivity (Wildman–Crippen MR) is 93.3 cm³/mol. The van der Waals surface area contributed by atoms with Crippen molar-refractivity contribution in [2.24, 2.45) is 0 Å². The van der Waals surface area contributed by atoms with E-state index in [-0.39, 0.29) is 6.61 Å². The number of nitrogens with zero attached hydrogens (tertiary/aromatic N) is 1. The van der Waals surface area contributed by atoms with Crippen LogP contribution in [0.15, 0.2) is 46.9 Å². The Morgan fingerprint density at radius 1 is 1.17 bits per heavy atom. The van der Waals surface area contributed by atoms with Crippen LogP contribution in [-0.2, 0) is 6.54 Å². The molecular weight excluding hydrogens is 358 g/mol. The van der Waals surface area contributed by atoms with Crippen LogP contribution >= 0.6 is 15.9 Å². The van der Waals surface area contributed by atoms with Crippen LogP contribution in [0.25, 0.3) is 0 Å². The lowest BCUT2D eigenvalue weighted by Crippen LogP contribution is -2.20. The van der Waals surface area contributed by atoms with E-state index in [1.165, 1.54) is 0 Å². The van der Waals surface area contributed by atoms with Gasteiger partial charge in [0.15, 0.2) is 18.1 Å². The minimum Gasteiger partial charge on any atom is -0.490 e. The second-order valence-corrected chi connectivity index (χ2v) is 5.48. The third kappa shape index (κ3) is 5.16. The Morgan fingerprint density at radius 3 is 2.65 bits per heavy atom. The van der Waals surface area contributed by atoms with Crippen LogP contribution in [0.4, 0.5) is 5.69 Å². The summed E-state index contributed by atoms with van der Waals surface area (Å²) in [5, 5.41) is 8.67. The number of benzene rings is 2. The first kappa shape index (κ1) is 17.1. The van der Waals surface area contributed by atoms with Gasteiger partial charge in [0.1, 0.15) is 6.07 Å². The molecule has 0 saturated carbocycles. The Kier molecular flexibility index (Phi) is 6.73. The molecule has 0 atom stereocenters. The van der Waals surface area contributed by atoms with E-state index in [1.807, 2.05) is 55.5 Å². The minimum atomic E-state index is -0.0220. The second-order valence-electron chi connectivity index (χ2n) is 4.63. The number of hydrazine groups is 1. The van der Waals surface area contributed by atoms with Gasteiger partial charge in [-0.3, -0.25) is 0 Å². The topological polar surface area (TPSA) is 66.3 Å². The van der Waals surface area contributed by atoms with E-state index in [0.29, 0.717) is 24.7 Å². The molecule has 0 heterocycles. The fourth-order valence-corrected chi connectivity index (χ4v) is 2.60. The Hall–Kier alpha value is -2.23. The third-order valence-corrected chi connectivity index (χ3v) is 3.54. The summed E-state index contributed by atoms with van der Waals surface area (Å²) in [5.74, 6) is 1.17. The highest BCUT2D eigenvalue weighted by Gasteiger charge is 2.12. The van der Waals surface area contributed by atoms with Crippen LogP contribution in [0, 0.1) is 11.3 Å². The molecule has 2 rings (SSSR count). The summed E-state index contributed by atoms with van der Waals surface area (Å²) in [5.41, 5.74) is 8.30. The van der Waals surface area contributed by atoms with Crippen molar-refractivity contribution in [1.29, 1.82) is 5.26 Å². The van der Waals surface area contributed by atoms with Crippen molar-refractivity contribution >= 4 is 21.6 Å². The monoisotopic (exact) mass is 375 g/mol. The lowest BCUT2D eigenvalue weighted by Gasteiger charge is -2.15. The first-order valence-electron chi connectivity index (χ1n) is 7.23. The molecule has 0 aliphatic heterocycles. The van der Waals surface area contributed by atoms with Crippen molar-refractivity contribution in [1.82, 2.24) is 5.43 Å². The molecule has 2 N–H and O–H groups in total. The number of nitriles is 1. The largest absolute Gasteiger partial charge is 0.490 e. The maximum Gasteiger partial charge on any atom is 0.176 e. The van der Waals surface area contributed by atoms with E-state index in [0.717, 1.165) is 15.7 Å². The lowest BCUT2D eigenvalue weighted by molar-refractivity contribution is 0.297. The fraction of sp³-hybridized carbons (Fsp3) is 0.235. The molecule has 0 aliphatic rings. The van der Waals surface area contributed by atoms with Crippen molar-refractivity contribution in [3.8, 4) is 17.6 Å². The van der Waals surface area contributed by atoms with Crippen molar-refractivity contribution in [3.63, 3.8) is 0 Å². The van der Waals surface area contributed by atoms with Gasteiger partial charge in [0.25, 0.3) is 0 Å². The molecule has 0 aliphatic carbocycles. The van der Waals surface area contributed by atoms with Gasteiger partial charge in [-0.25, -0.2) is 5.43 Å². The molecule has 5 nitrogen and oxygen atoms in total. The summed E-state index contributed by atoms with van der Waals surface area (Å²) in [6.45, 7) is 3.01. The van der Waals surface area contributed by atoms with Crippen LogP contribution in [0.1, 0.15) is 12.5 Å². The van der Waals surface area contributed by atoms with Crippen LogP contribution in [0.3, 0.4) is 0 Å². The molecule has 0 fully saturated rings. The van der Waals surface area contributed by atoms with Crippen LogP contribution < -0.4 is 20.3 Å². The van der Waals surface area contributed by atoms with Gasteiger partial charge in [-0.05, 0) is 52.7 Å². The second kappa shape index (κ2) is 9.03. The molecule has 0 aromatic heterocycles. The molecule has 2 aromatic rings. The Morgan fingerprint density at radius 2 is 1.96 bits per heavy atom. The number of nitrogens with one attached hydrogen (secondary N) is 2. The average molecular weight is 376 g/mol. The van der Waals surface area contributed by atoms with E-state index in [4.69, 9.17) is 14.7 Å². The zero-order valence-electron chi connectivity index (χ0n) is 12.8. The van der Waals surface area contributed by atoms with Gasteiger partial charge >= 0.3 is 0 Å². The van der Waals surface area contributed by atoms with E-state index in [2.05, 4.69) is 26.8 Å². The normalized spacial score (nSPS) is 9.96. The standard InChI is InChI=1S/C17H18BrN3O2/c1-2-22-16-11-13(10-15(18)17(16)23-9-8-19)12-20-21-14-6-4-3-5-7-14/h3-7,10-11,20-21H,2,9,12H2,1H3. The first-order valence-corrected chi connectivity index (χ1v) is 8.02. The molecule has 0 amide bonds. The molecule has 120 valence electrons. The Bertz CT molecular complexity index is 672. The van der Waals surface area contributed by atoms with Crippen molar-refractivity contribution in [2.75, 3.05) is 18.6 Å². The lowest BCUT2D eigenvalue weighted by atomic mass is 10.2. The van der Waals surface area contributed by atoms with E-state index in [9.17, 15) is 0 Å². The van der Waals surface area contributed by atoms with Crippen molar-refractivity contribution in [2.45, 2.75) is 13.5 Å². The highest BCUT2D eigenvalue weighted by Crippen LogP contribution is 2.36. The summed E-state index contributed by atoms with van der Waals surface area (Å²) < 4.78 is 11.8. The highest BCUT2D eigenvalue weighted by atomic mass is 79.9. The number of ether oxygens (including phenoxy) is 2. The summed E-state index contributed by atoms with van der Waals surface area (Å²) >= 11 is 3.47. The number of para-hydroxylation sites is 1. The zero-order valence-corrected chi connectivity index (χ0v) is 14.4. The molecule has 0 bridgehead atoms. The van der Waals surface area contributed by atoms with Gasteiger partial charge in [0.2, 0.25) is 0 Å². The van der Waals surface area contributed by atoms with Gasteiger partial charge in [0, 0.05) is 12.2 Å². The Balaban J connectivity index is 2.05. The van der Waals surface area contributed by atoms with E-state index < -0.39 is 0 Å². The fourth-order valence-electron chi connectivity index (χ4n) is 2.00. The molecule has 23 heavy (non-hydrogen) atoms. The minimum absolute atomic E-state index is 0.0220. The Labute approximate surface area is 144 Å². The van der Waals surface area contributed by atoms with Gasteiger partial charge in [-0.2, -0.15) is 5.26 Å². The van der Waals surface area contributed by atoms with Crippen LogP contribution in [0.2, 0.25) is 0 Å². The smallest absolute Gasteiger partial charge is 0.176 e. The molecule has 2 aromatic carbocycles. The first-order chi connectivity index (χ1) is 11.2.